The molecule has 0 bridgehead atoms. The summed E-state index contributed by atoms with van der Waals surface area (Å²) >= 11 is 0. The van der Waals surface area contributed by atoms with E-state index in [0.717, 1.165) is 12.0 Å². The Balaban J connectivity index is 1.96. The van der Waals surface area contributed by atoms with E-state index in [-0.39, 0.29) is 19.2 Å². The van der Waals surface area contributed by atoms with Crippen LogP contribution in [0.25, 0.3) is 0 Å². The molecule has 1 aromatic rings. The van der Waals surface area contributed by atoms with Crippen molar-refractivity contribution >= 4 is 12.1 Å². The molecule has 1 fully saturated rings. The van der Waals surface area contributed by atoms with Gasteiger partial charge in [0.15, 0.2) is 0 Å². The zero-order valence-corrected chi connectivity index (χ0v) is 12.2. The summed E-state index contributed by atoms with van der Waals surface area (Å²) in [6, 6.07) is 9.53. The van der Waals surface area contributed by atoms with Crippen molar-refractivity contribution in [2.75, 3.05) is 6.54 Å². The molecule has 5 nitrogen and oxygen atoms in total. The molecule has 1 unspecified atom stereocenters. The van der Waals surface area contributed by atoms with E-state index in [2.05, 4.69) is 0 Å². The van der Waals surface area contributed by atoms with E-state index in [4.69, 9.17) is 9.84 Å². The first-order valence-corrected chi connectivity index (χ1v) is 7.32. The van der Waals surface area contributed by atoms with Crippen LogP contribution in [0.2, 0.25) is 0 Å². The molecule has 21 heavy (non-hydrogen) atoms. The van der Waals surface area contributed by atoms with E-state index < -0.39 is 18.0 Å². The molecule has 2 atom stereocenters. The van der Waals surface area contributed by atoms with Gasteiger partial charge in [-0.05, 0) is 24.8 Å². The fraction of sp³-hybridized carbons (Fsp3) is 0.500. The summed E-state index contributed by atoms with van der Waals surface area (Å²) < 4.78 is 5.32. The van der Waals surface area contributed by atoms with E-state index in [1.54, 1.807) is 4.90 Å². The van der Waals surface area contributed by atoms with Crippen molar-refractivity contribution in [2.45, 2.75) is 38.8 Å². The van der Waals surface area contributed by atoms with Crippen LogP contribution >= 0.6 is 0 Å². The van der Waals surface area contributed by atoms with Gasteiger partial charge in [0.25, 0.3) is 0 Å². The van der Waals surface area contributed by atoms with E-state index in [0.29, 0.717) is 12.8 Å². The van der Waals surface area contributed by atoms with Gasteiger partial charge in [-0.25, -0.2) is 4.79 Å². The van der Waals surface area contributed by atoms with E-state index in [1.165, 1.54) is 0 Å². The van der Waals surface area contributed by atoms with Gasteiger partial charge < -0.3 is 14.7 Å². The lowest BCUT2D eigenvalue weighted by Crippen LogP contribution is -2.48. The molecule has 1 N–H and O–H groups in total. The molecule has 1 aromatic carbocycles. The van der Waals surface area contributed by atoms with Crippen LogP contribution in [0, 0.1) is 5.92 Å². The number of hydrogen-bond acceptors (Lipinski definition) is 3. The lowest BCUT2D eigenvalue weighted by atomic mass is 9.92. The highest BCUT2D eigenvalue weighted by Crippen LogP contribution is 2.25. The first kappa shape index (κ1) is 15.4. The summed E-state index contributed by atoms with van der Waals surface area (Å²) in [5, 5.41) is 9.13. The highest BCUT2D eigenvalue weighted by atomic mass is 16.6. The van der Waals surface area contributed by atoms with Gasteiger partial charge >= 0.3 is 12.1 Å². The Morgan fingerprint density at radius 3 is 2.62 bits per heavy atom. The summed E-state index contributed by atoms with van der Waals surface area (Å²) in [5.74, 6) is -1.33. The average molecular weight is 291 g/mol. The van der Waals surface area contributed by atoms with E-state index >= 15 is 0 Å². The standard InChI is InChI=1S/C16H21NO4/c1-2-14-9-8-13(15(18)19)10-17(14)16(20)21-11-12-6-4-3-5-7-12/h3-7,13-14H,2,8-11H2,1H3,(H,18,19)/t13?,14-/m1/s1. The smallest absolute Gasteiger partial charge is 0.410 e. The number of benzene rings is 1. The second-order valence-corrected chi connectivity index (χ2v) is 5.37. The van der Waals surface area contributed by atoms with Crippen LogP contribution in [0.1, 0.15) is 31.7 Å². The summed E-state index contributed by atoms with van der Waals surface area (Å²) in [7, 11) is 0. The van der Waals surface area contributed by atoms with Crippen LogP contribution in [0.3, 0.4) is 0 Å². The summed E-state index contributed by atoms with van der Waals surface area (Å²) in [4.78, 5) is 24.9. The maximum absolute atomic E-state index is 12.2. The third kappa shape index (κ3) is 3.97. The zero-order valence-electron chi connectivity index (χ0n) is 12.2. The van der Waals surface area contributed by atoms with Crippen LogP contribution in [0.4, 0.5) is 4.79 Å². The zero-order chi connectivity index (χ0) is 15.2. The number of amides is 1. The molecule has 0 spiro atoms. The van der Waals surface area contributed by atoms with Gasteiger partial charge in [0.2, 0.25) is 0 Å². The molecule has 1 aliphatic rings. The van der Waals surface area contributed by atoms with Crippen LogP contribution in [-0.2, 0) is 16.1 Å². The van der Waals surface area contributed by atoms with Crippen molar-refractivity contribution in [1.82, 2.24) is 4.90 Å². The molecule has 1 amide bonds. The van der Waals surface area contributed by atoms with Crippen molar-refractivity contribution in [2.24, 2.45) is 5.92 Å². The average Bonchev–Trinajstić information content (AvgIpc) is 2.52. The SMILES string of the molecule is CC[C@@H]1CCC(C(=O)O)CN1C(=O)OCc1ccccc1. The highest BCUT2D eigenvalue weighted by molar-refractivity contribution is 5.73. The van der Waals surface area contributed by atoms with Gasteiger partial charge in [-0.1, -0.05) is 37.3 Å². The predicted molar refractivity (Wildman–Crippen MR) is 77.8 cm³/mol. The Morgan fingerprint density at radius 1 is 1.29 bits per heavy atom. The molecule has 0 aromatic heterocycles. The number of carboxylic acid groups (broad SMARTS) is 1. The van der Waals surface area contributed by atoms with Crippen molar-refractivity contribution in [3.8, 4) is 0 Å². The van der Waals surface area contributed by atoms with Gasteiger partial charge in [-0.3, -0.25) is 4.79 Å². The summed E-state index contributed by atoms with van der Waals surface area (Å²) in [6.07, 6.45) is 1.73. The van der Waals surface area contributed by atoms with Gasteiger partial charge in [0.1, 0.15) is 6.61 Å². The number of nitrogens with zero attached hydrogens (tertiary/aromatic N) is 1. The third-order valence-corrected chi connectivity index (χ3v) is 3.97. The number of hydrogen-bond donors (Lipinski definition) is 1. The summed E-state index contributed by atoms with van der Waals surface area (Å²) in [5.41, 5.74) is 0.922. The lowest BCUT2D eigenvalue weighted by Gasteiger charge is -2.37. The normalized spacial score (nSPS) is 21.9. The number of likely N-dealkylation sites (tertiary alicyclic amines) is 1. The predicted octanol–water partition coefficient (Wildman–Crippen LogP) is 2.90. The maximum Gasteiger partial charge on any atom is 0.410 e. The second-order valence-electron chi connectivity index (χ2n) is 5.37. The quantitative estimate of drug-likeness (QED) is 0.926. The summed E-state index contributed by atoms with van der Waals surface area (Å²) in [6.45, 7) is 2.45. The fourth-order valence-corrected chi connectivity index (χ4v) is 2.68. The molecular weight excluding hydrogens is 270 g/mol. The molecule has 1 saturated heterocycles. The van der Waals surface area contributed by atoms with Crippen molar-refractivity contribution in [3.63, 3.8) is 0 Å². The molecule has 0 saturated carbocycles. The minimum absolute atomic E-state index is 0.0730. The number of carboxylic acids is 1. The molecule has 114 valence electrons. The van der Waals surface area contributed by atoms with Crippen LogP contribution < -0.4 is 0 Å². The topological polar surface area (TPSA) is 66.8 Å². The Kier molecular flexibility index (Phi) is 5.20. The Morgan fingerprint density at radius 2 is 2.00 bits per heavy atom. The molecule has 0 aliphatic carbocycles. The van der Waals surface area contributed by atoms with Crippen LogP contribution in [0.5, 0.6) is 0 Å². The third-order valence-electron chi connectivity index (χ3n) is 3.97. The maximum atomic E-state index is 12.2. The van der Waals surface area contributed by atoms with Crippen molar-refractivity contribution in [1.29, 1.82) is 0 Å². The van der Waals surface area contributed by atoms with Gasteiger partial charge in [-0.2, -0.15) is 0 Å². The van der Waals surface area contributed by atoms with Gasteiger partial charge in [0, 0.05) is 12.6 Å². The van der Waals surface area contributed by atoms with Gasteiger partial charge in [0.05, 0.1) is 5.92 Å². The van der Waals surface area contributed by atoms with E-state index in [9.17, 15) is 9.59 Å². The largest absolute Gasteiger partial charge is 0.481 e. The Labute approximate surface area is 124 Å². The number of carbonyl (C=O) groups is 2. The molecule has 2 rings (SSSR count). The molecule has 1 aliphatic heterocycles. The van der Waals surface area contributed by atoms with Crippen LogP contribution in [0.15, 0.2) is 30.3 Å². The number of rotatable bonds is 4. The van der Waals surface area contributed by atoms with Gasteiger partial charge in [-0.15, -0.1) is 0 Å². The Bertz CT molecular complexity index is 488. The van der Waals surface area contributed by atoms with E-state index in [1.807, 2.05) is 37.3 Å². The first-order chi connectivity index (χ1) is 10.1. The van der Waals surface area contributed by atoms with Crippen molar-refractivity contribution in [3.05, 3.63) is 35.9 Å². The van der Waals surface area contributed by atoms with Crippen LogP contribution in [-0.4, -0.2) is 34.7 Å². The fourth-order valence-electron chi connectivity index (χ4n) is 2.68. The molecule has 5 heteroatoms. The Hall–Kier alpha value is -2.04. The number of ether oxygens (including phenoxy) is 1. The monoisotopic (exact) mass is 291 g/mol. The van der Waals surface area contributed by atoms with Crippen molar-refractivity contribution < 1.29 is 19.4 Å². The molecule has 0 radical (unpaired) electrons. The number of piperidine rings is 1. The first-order valence-electron chi connectivity index (χ1n) is 7.32. The molecular formula is C16H21NO4. The highest BCUT2D eigenvalue weighted by Gasteiger charge is 2.34. The minimum Gasteiger partial charge on any atom is -0.481 e. The molecule has 1 heterocycles. The lowest BCUT2D eigenvalue weighted by molar-refractivity contribution is -0.143. The number of aliphatic carboxylic acids is 1. The number of carbonyl (C=O) groups excluding carboxylic acids is 1. The second kappa shape index (κ2) is 7.11. The minimum atomic E-state index is -0.842.